The summed E-state index contributed by atoms with van der Waals surface area (Å²) in [6.45, 7) is 2.28. The Bertz CT molecular complexity index is 190. The summed E-state index contributed by atoms with van der Waals surface area (Å²) in [5.74, 6) is 0.831. The second kappa shape index (κ2) is 11.8. The lowest BCUT2D eigenvalue weighted by molar-refractivity contribution is 0.0973. The molecule has 0 aromatic carbocycles. The van der Waals surface area contributed by atoms with E-state index in [4.69, 9.17) is 0 Å². The molecule has 1 aliphatic carbocycles. The van der Waals surface area contributed by atoms with E-state index in [1.54, 1.807) is 0 Å². The first-order valence-corrected chi connectivity index (χ1v) is 9.01. The summed E-state index contributed by atoms with van der Waals surface area (Å²) in [6, 6.07) is 0. The highest BCUT2D eigenvalue weighted by molar-refractivity contribution is 4.72. The molecule has 0 heterocycles. The molecule has 1 N–H and O–H groups in total. The number of rotatable bonds is 11. The quantitative estimate of drug-likeness (QED) is 0.466. The second-order valence-electron chi connectivity index (χ2n) is 6.66. The zero-order valence-corrected chi connectivity index (χ0v) is 13.2. The fraction of sp³-hybridized carbons (Fsp3) is 1.00. The van der Waals surface area contributed by atoms with Crippen LogP contribution < -0.4 is 0 Å². The Morgan fingerprint density at radius 3 is 1.95 bits per heavy atom. The zero-order valence-electron chi connectivity index (χ0n) is 13.2. The average Bonchev–Trinajstić information content (AvgIpc) is 2.41. The van der Waals surface area contributed by atoms with E-state index in [2.05, 4.69) is 6.92 Å². The van der Waals surface area contributed by atoms with E-state index in [9.17, 15) is 5.11 Å². The number of hydrogen-bond donors (Lipinski definition) is 1. The van der Waals surface area contributed by atoms with E-state index in [0.717, 1.165) is 18.8 Å². The van der Waals surface area contributed by atoms with Crippen LogP contribution in [0.25, 0.3) is 0 Å². The maximum Gasteiger partial charge on any atom is 0.0542 e. The first-order valence-electron chi connectivity index (χ1n) is 9.01. The maximum atomic E-state index is 9.64. The van der Waals surface area contributed by atoms with Crippen molar-refractivity contribution in [3.05, 3.63) is 0 Å². The molecule has 0 spiro atoms. The van der Waals surface area contributed by atoms with Crippen LogP contribution in [-0.4, -0.2) is 11.2 Å². The third kappa shape index (κ3) is 9.49. The average molecular weight is 268 g/mol. The molecule has 0 saturated heterocycles. The number of hydrogen-bond acceptors (Lipinski definition) is 1. The van der Waals surface area contributed by atoms with Crippen molar-refractivity contribution in [1.82, 2.24) is 0 Å². The van der Waals surface area contributed by atoms with Crippen LogP contribution in [0.3, 0.4) is 0 Å². The number of aliphatic hydroxyl groups excluding tert-OH is 1. The third-order valence-electron chi connectivity index (χ3n) is 4.72. The van der Waals surface area contributed by atoms with Crippen molar-refractivity contribution < 1.29 is 5.11 Å². The lowest BCUT2D eigenvalue weighted by Crippen LogP contribution is -2.19. The van der Waals surface area contributed by atoms with Gasteiger partial charge in [0.15, 0.2) is 0 Å². The first-order chi connectivity index (χ1) is 9.33. The van der Waals surface area contributed by atoms with Gasteiger partial charge < -0.3 is 5.11 Å². The fourth-order valence-electron chi connectivity index (χ4n) is 3.45. The van der Waals surface area contributed by atoms with Gasteiger partial charge in [0.1, 0.15) is 0 Å². The molecule has 1 fully saturated rings. The highest BCUT2D eigenvalue weighted by atomic mass is 16.3. The predicted molar refractivity (Wildman–Crippen MR) is 84.4 cm³/mol. The minimum Gasteiger partial charge on any atom is -0.393 e. The van der Waals surface area contributed by atoms with Crippen LogP contribution in [0.4, 0.5) is 0 Å². The topological polar surface area (TPSA) is 20.2 Å². The minimum absolute atomic E-state index is 0.0156. The molecule has 1 rings (SSSR count). The molecule has 0 bridgehead atoms. The van der Waals surface area contributed by atoms with Gasteiger partial charge >= 0.3 is 0 Å². The smallest absolute Gasteiger partial charge is 0.0542 e. The van der Waals surface area contributed by atoms with Gasteiger partial charge in [0.2, 0.25) is 0 Å². The highest BCUT2D eigenvalue weighted by Crippen LogP contribution is 2.28. The summed E-state index contributed by atoms with van der Waals surface area (Å²) in [5, 5.41) is 9.64. The SMILES string of the molecule is CCCCCCCCCCCCC1CCCC(O)C1. The van der Waals surface area contributed by atoms with Crippen LogP contribution in [0.2, 0.25) is 0 Å². The van der Waals surface area contributed by atoms with Gasteiger partial charge in [0.25, 0.3) is 0 Å². The van der Waals surface area contributed by atoms with Gasteiger partial charge in [0.05, 0.1) is 6.10 Å². The zero-order chi connectivity index (χ0) is 13.8. The first kappa shape index (κ1) is 17.0. The van der Waals surface area contributed by atoms with Gasteiger partial charge in [-0.05, 0) is 18.8 Å². The molecular weight excluding hydrogens is 232 g/mol. The number of unbranched alkanes of at least 4 members (excludes halogenated alkanes) is 9. The Hall–Kier alpha value is -0.0400. The van der Waals surface area contributed by atoms with Crippen LogP contribution >= 0.6 is 0 Å². The van der Waals surface area contributed by atoms with Crippen LogP contribution in [0.1, 0.15) is 103 Å². The van der Waals surface area contributed by atoms with Gasteiger partial charge in [-0.15, -0.1) is 0 Å². The number of aliphatic hydroxyl groups is 1. The summed E-state index contributed by atoms with van der Waals surface area (Å²) >= 11 is 0. The molecule has 114 valence electrons. The van der Waals surface area contributed by atoms with Crippen molar-refractivity contribution in [3.63, 3.8) is 0 Å². The molecule has 0 aliphatic heterocycles. The fourth-order valence-corrected chi connectivity index (χ4v) is 3.45. The van der Waals surface area contributed by atoms with Crippen molar-refractivity contribution in [3.8, 4) is 0 Å². The molecule has 2 atom stereocenters. The van der Waals surface area contributed by atoms with Crippen LogP contribution in [0.15, 0.2) is 0 Å². The van der Waals surface area contributed by atoms with Crippen molar-refractivity contribution >= 4 is 0 Å². The van der Waals surface area contributed by atoms with Crippen LogP contribution in [0, 0.1) is 5.92 Å². The summed E-state index contributed by atoms with van der Waals surface area (Å²) in [6.07, 6.45) is 20.4. The molecule has 2 unspecified atom stereocenters. The molecule has 1 heteroatoms. The normalized spacial score (nSPS) is 23.7. The van der Waals surface area contributed by atoms with Crippen molar-refractivity contribution in [2.75, 3.05) is 0 Å². The lowest BCUT2D eigenvalue weighted by Gasteiger charge is -2.25. The molecular formula is C18H36O. The molecule has 0 aromatic heterocycles. The van der Waals surface area contributed by atoms with Gasteiger partial charge in [-0.3, -0.25) is 0 Å². The van der Waals surface area contributed by atoms with E-state index in [1.165, 1.54) is 83.5 Å². The molecule has 0 amide bonds. The highest BCUT2D eigenvalue weighted by Gasteiger charge is 2.19. The largest absolute Gasteiger partial charge is 0.393 e. The Labute approximate surface area is 121 Å². The van der Waals surface area contributed by atoms with Crippen molar-refractivity contribution in [1.29, 1.82) is 0 Å². The maximum absolute atomic E-state index is 9.64. The summed E-state index contributed by atoms with van der Waals surface area (Å²) in [4.78, 5) is 0. The molecule has 0 aromatic rings. The molecule has 0 radical (unpaired) electrons. The van der Waals surface area contributed by atoms with Gasteiger partial charge in [-0.2, -0.15) is 0 Å². The van der Waals surface area contributed by atoms with E-state index in [0.29, 0.717) is 0 Å². The Balaban J connectivity index is 1.78. The predicted octanol–water partition coefficient (Wildman–Crippen LogP) is 5.85. The minimum atomic E-state index is 0.0156. The third-order valence-corrected chi connectivity index (χ3v) is 4.72. The second-order valence-corrected chi connectivity index (χ2v) is 6.66. The van der Waals surface area contributed by atoms with Crippen molar-refractivity contribution in [2.45, 2.75) is 109 Å². The Morgan fingerprint density at radius 1 is 0.789 bits per heavy atom. The Morgan fingerprint density at radius 2 is 1.37 bits per heavy atom. The summed E-state index contributed by atoms with van der Waals surface area (Å²) in [5.41, 5.74) is 0. The standard InChI is InChI=1S/C18H36O/c1-2-3-4-5-6-7-8-9-10-11-13-17-14-12-15-18(19)16-17/h17-19H,2-16H2,1H3. The lowest BCUT2D eigenvalue weighted by atomic mass is 9.84. The van der Waals surface area contributed by atoms with Gasteiger partial charge in [-0.1, -0.05) is 90.4 Å². The molecule has 1 nitrogen and oxygen atoms in total. The molecule has 19 heavy (non-hydrogen) atoms. The van der Waals surface area contributed by atoms with E-state index in [-0.39, 0.29) is 6.10 Å². The summed E-state index contributed by atoms with van der Waals surface area (Å²) < 4.78 is 0. The van der Waals surface area contributed by atoms with Gasteiger partial charge in [-0.25, -0.2) is 0 Å². The van der Waals surface area contributed by atoms with Gasteiger partial charge in [0, 0.05) is 0 Å². The Kier molecular flexibility index (Phi) is 10.5. The van der Waals surface area contributed by atoms with E-state index in [1.807, 2.05) is 0 Å². The molecule has 1 aliphatic rings. The van der Waals surface area contributed by atoms with Crippen LogP contribution in [-0.2, 0) is 0 Å². The van der Waals surface area contributed by atoms with Crippen LogP contribution in [0.5, 0.6) is 0 Å². The summed E-state index contributed by atoms with van der Waals surface area (Å²) in [7, 11) is 0. The van der Waals surface area contributed by atoms with Crippen molar-refractivity contribution in [2.24, 2.45) is 5.92 Å². The van der Waals surface area contributed by atoms with E-state index < -0.39 is 0 Å². The molecule has 1 saturated carbocycles. The monoisotopic (exact) mass is 268 g/mol. The van der Waals surface area contributed by atoms with E-state index >= 15 is 0 Å².